The van der Waals surface area contributed by atoms with E-state index < -0.39 is 6.61 Å². The Morgan fingerprint density at radius 1 is 1.35 bits per heavy atom. The van der Waals surface area contributed by atoms with Gasteiger partial charge in [0.2, 0.25) is 0 Å². The summed E-state index contributed by atoms with van der Waals surface area (Å²) in [4.78, 5) is 2.27. The quantitative estimate of drug-likeness (QED) is 0.907. The maximum atomic E-state index is 12.1. The van der Waals surface area contributed by atoms with Gasteiger partial charge in [-0.15, -0.1) is 0 Å². The third-order valence-corrected chi connectivity index (χ3v) is 3.88. The zero-order chi connectivity index (χ0) is 14.5. The van der Waals surface area contributed by atoms with Gasteiger partial charge in [-0.2, -0.15) is 8.78 Å². The van der Waals surface area contributed by atoms with Gasteiger partial charge in [0, 0.05) is 13.2 Å². The summed E-state index contributed by atoms with van der Waals surface area (Å²) in [6, 6.07) is 4.89. The van der Waals surface area contributed by atoms with Gasteiger partial charge in [-0.25, -0.2) is 0 Å². The highest BCUT2D eigenvalue weighted by atomic mass is 35.5. The summed E-state index contributed by atoms with van der Waals surface area (Å²) in [5.41, 5.74) is 0.971. The topological polar surface area (TPSA) is 32.7 Å². The van der Waals surface area contributed by atoms with Gasteiger partial charge in [0.15, 0.2) is 0 Å². The molecule has 0 bridgehead atoms. The lowest BCUT2D eigenvalue weighted by molar-refractivity contribution is -0.0498. The molecule has 2 rings (SSSR count). The second-order valence-corrected chi connectivity index (χ2v) is 5.45. The van der Waals surface area contributed by atoms with Gasteiger partial charge in [0.1, 0.15) is 5.75 Å². The minimum Gasteiger partial charge on any atom is -0.433 e. The van der Waals surface area contributed by atoms with Crippen molar-refractivity contribution in [1.82, 2.24) is 4.90 Å². The largest absolute Gasteiger partial charge is 0.433 e. The molecule has 0 aliphatic carbocycles. The van der Waals surface area contributed by atoms with Crippen LogP contribution in [-0.4, -0.2) is 36.3 Å². The van der Waals surface area contributed by atoms with Crippen molar-refractivity contribution in [1.29, 1.82) is 0 Å². The Bertz CT molecular complexity index is 437. The summed E-state index contributed by atoms with van der Waals surface area (Å²) in [5, 5.41) is 9.30. The van der Waals surface area contributed by atoms with Crippen molar-refractivity contribution >= 4 is 11.6 Å². The van der Waals surface area contributed by atoms with Crippen LogP contribution in [0.2, 0.25) is 5.02 Å². The van der Waals surface area contributed by atoms with Crippen LogP contribution in [0.3, 0.4) is 0 Å². The number of rotatable bonds is 5. The molecule has 1 aliphatic rings. The normalized spacial score (nSPS) is 17.6. The first-order valence-corrected chi connectivity index (χ1v) is 7.02. The first-order valence-electron chi connectivity index (χ1n) is 6.65. The molecule has 1 fully saturated rings. The SMILES string of the molecule is OCC1CCN(Cc2ccc(OC(F)F)c(Cl)c2)CC1. The van der Waals surface area contributed by atoms with E-state index in [2.05, 4.69) is 9.64 Å². The van der Waals surface area contributed by atoms with E-state index in [1.807, 2.05) is 0 Å². The molecular weight excluding hydrogens is 288 g/mol. The van der Waals surface area contributed by atoms with Gasteiger partial charge in [0.25, 0.3) is 0 Å². The van der Waals surface area contributed by atoms with Crippen molar-refractivity contribution in [3.8, 4) is 5.75 Å². The standard InChI is InChI=1S/C14H18ClF2NO2/c15-12-7-11(1-2-13(12)20-14(16)17)8-18-5-3-10(9-19)4-6-18/h1-2,7,10,14,19H,3-6,8-9H2. The Balaban J connectivity index is 1.92. The van der Waals surface area contributed by atoms with Crippen LogP contribution in [0.4, 0.5) is 8.78 Å². The van der Waals surface area contributed by atoms with Gasteiger partial charge < -0.3 is 9.84 Å². The van der Waals surface area contributed by atoms with Gasteiger partial charge >= 0.3 is 6.61 Å². The third kappa shape index (κ3) is 4.30. The molecule has 0 aromatic heterocycles. The lowest BCUT2D eigenvalue weighted by atomic mass is 9.97. The maximum absolute atomic E-state index is 12.1. The van der Waals surface area contributed by atoms with Gasteiger partial charge in [0.05, 0.1) is 5.02 Å². The van der Waals surface area contributed by atoms with Crippen LogP contribution < -0.4 is 4.74 Å². The highest BCUT2D eigenvalue weighted by Gasteiger charge is 2.18. The molecule has 1 saturated heterocycles. The summed E-state index contributed by atoms with van der Waals surface area (Å²) >= 11 is 5.93. The highest BCUT2D eigenvalue weighted by molar-refractivity contribution is 6.32. The molecular formula is C14H18ClF2NO2. The Morgan fingerprint density at radius 3 is 2.60 bits per heavy atom. The fourth-order valence-corrected chi connectivity index (χ4v) is 2.67. The number of halogens is 3. The highest BCUT2D eigenvalue weighted by Crippen LogP contribution is 2.28. The minimum absolute atomic E-state index is 0.00408. The molecule has 0 radical (unpaired) electrons. The molecule has 3 nitrogen and oxygen atoms in total. The van der Waals surface area contributed by atoms with Crippen molar-refractivity contribution < 1.29 is 18.6 Å². The Labute approximate surface area is 122 Å². The Kier molecular flexibility index (Phi) is 5.57. The number of likely N-dealkylation sites (tertiary alicyclic amines) is 1. The molecule has 0 amide bonds. The van der Waals surface area contributed by atoms with E-state index in [1.165, 1.54) is 6.07 Å². The van der Waals surface area contributed by atoms with Crippen LogP contribution in [0.5, 0.6) is 5.75 Å². The first-order chi connectivity index (χ1) is 9.58. The Hall–Kier alpha value is -0.910. The number of aliphatic hydroxyl groups excluding tert-OH is 1. The molecule has 0 saturated carbocycles. The van der Waals surface area contributed by atoms with Gasteiger partial charge in [-0.1, -0.05) is 17.7 Å². The monoisotopic (exact) mass is 305 g/mol. The summed E-state index contributed by atoms with van der Waals surface area (Å²) in [5.74, 6) is 0.404. The third-order valence-electron chi connectivity index (χ3n) is 3.58. The predicted molar refractivity (Wildman–Crippen MR) is 73.2 cm³/mol. The average Bonchev–Trinajstić information content (AvgIpc) is 2.42. The van der Waals surface area contributed by atoms with E-state index in [-0.39, 0.29) is 17.4 Å². The minimum atomic E-state index is -2.86. The Morgan fingerprint density at radius 2 is 2.05 bits per heavy atom. The molecule has 1 heterocycles. The molecule has 1 N–H and O–H groups in total. The summed E-state index contributed by atoms with van der Waals surface area (Å²) in [6.45, 7) is -0.0292. The first kappa shape index (κ1) is 15.5. The lowest BCUT2D eigenvalue weighted by Crippen LogP contribution is -2.34. The predicted octanol–water partition coefficient (Wildman–Crippen LogP) is 3.15. The van der Waals surface area contributed by atoms with Crippen molar-refractivity contribution in [2.75, 3.05) is 19.7 Å². The van der Waals surface area contributed by atoms with Crippen LogP contribution in [0.1, 0.15) is 18.4 Å². The molecule has 6 heteroatoms. The second-order valence-electron chi connectivity index (χ2n) is 5.05. The van der Waals surface area contributed by atoms with Crippen LogP contribution >= 0.6 is 11.6 Å². The molecule has 1 aliphatic heterocycles. The average molecular weight is 306 g/mol. The van der Waals surface area contributed by atoms with Gasteiger partial charge in [-0.3, -0.25) is 4.90 Å². The van der Waals surface area contributed by atoms with Crippen LogP contribution in [-0.2, 0) is 6.54 Å². The maximum Gasteiger partial charge on any atom is 0.387 e. The van der Waals surface area contributed by atoms with E-state index in [9.17, 15) is 8.78 Å². The van der Waals surface area contributed by atoms with Crippen LogP contribution in [0, 0.1) is 5.92 Å². The fourth-order valence-electron chi connectivity index (χ4n) is 2.42. The zero-order valence-corrected chi connectivity index (χ0v) is 11.8. The van der Waals surface area contributed by atoms with E-state index in [4.69, 9.17) is 16.7 Å². The molecule has 0 atom stereocenters. The number of alkyl halides is 2. The molecule has 0 spiro atoms. The van der Waals surface area contributed by atoms with Crippen molar-refractivity contribution in [3.63, 3.8) is 0 Å². The molecule has 0 unspecified atom stereocenters. The summed E-state index contributed by atoms with van der Waals surface area (Å²) in [6.07, 6.45) is 1.97. The van der Waals surface area contributed by atoms with Crippen molar-refractivity contribution in [3.05, 3.63) is 28.8 Å². The zero-order valence-electron chi connectivity index (χ0n) is 11.1. The number of ether oxygens (including phenoxy) is 1. The van der Waals surface area contributed by atoms with E-state index in [0.29, 0.717) is 5.92 Å². The lowest BCUT2D eigenvalue weighted by Gasteiger charge is -2.31. The van der Waals surface area contributed by atoms with Crippen LogP contribution in [0.25, 0.3) is 0 Å². The van der Waals surface area contributed by atoms with Gasteiger partial charge in [-0.05, 0) is 49.5 Å². The van der Waals surface area contributed by atoms with E-state index in [0.717, 1.165) is 38.0 Å². The number of hydrogen-bond donors (Lipinski definition) is 1. The molecule has 1 aromatic carbocycles. The summed E-state index contributed by atoms with van der Waals surface area (Å²) < 4.78 is 28.6. The second kappa shape index (κ2) is 7.20. The fraction of sp³-hybridized carbons (Fsp3) is 0.571. The van der Waals surface area contributed by atoms with Crippen LogP contribution in [0.15, 0.2) is 18.2 Å². The number of hydrogen-bond acceptors (Lipinski definition) is 3. The van der Waals surface area contributed by atoms with Crippen molar-refractivity contribution in [2.24, 2.45) is 5.92 Å². The number of piperidine rings is 1. The van der Waals surface area contributed by atoms with Crippen molar-refractivity contribution in [2.45, 2.75) is 26.0 Å². The number of benzene rings is 1. The smallest absolute Gasteiger partial charge is 0.387 e. The van der Waals surface area contributed by atoms with E-state index in [1.54, 1.807) is 12.1 Å². The molecule has 112 valence electrons. The summed E-state index contributed by atoms with van der Waals surface area (Å²) in [7, 11) is 0. The van der Waals surface area contributed by atoms with E-state index >= 15 is 0 Å². The molecule has 1 aromatic rings. The number of nitrogens with zero attached hydrogens (tertiary/aromatic N) is 1. The molecule has 20 heavy (non-hydrogen) atoms. The number of aliphatic hydroxyl groups is 1.